The molecule has 0 unspecified atom stereocenters. The molecule has 4 heteroatoms. The number of aromatic nitrogens is 3. The SMILES string of the molecule is CCn1nnc(-c2ccccc2)c1N. The lowest BCUT2D eigenvalue weighted by molar-refractivity contribution is 0.635. The molecule has 0 aliphatic heterocycles. The van der Waals surface area contributed by atoms with Crippen LogP contribution in [-0.2, 0) is 6.54 Å². The zero-order chi connectivity index (χ0) is 9.97. The van der Waals surface area contributed by atoms with Gasteiger partial charge in [-0.25, -0.2) is 4.68 Å². The fourth-order valence-electron chi connectivity index (χ4n) is 1.36. The minimum atomic E-state index is 0.624. The molecule has 0 saturated heterocycles. The number of rotatable bonds is 2. The Morgan fingerprint density at radius 1 is 1.29 bits per heavy atom. The highest BCUT2D eigenvalue weighted by Crippen LogP contribution is 2.21. The monoisotopic (exact) mass is 188 g/mol. The van der Waals surface area contributed by atoms with Gasteiger partial charge in [0.25, 0.3) is 0 Å². The normalized spacial score (nSPS) is 10.4. The van der Waals surface area contributed by atoms with Crippen LogP contribution in [0.2, 0.25) is 0 Å². The largest absolute Gasteiger partial charge is 0.382 e. The highest BCUT2D eigenvalue weighted by Gasteiger charge is 2.09. The number of nitrogens with zero attached hydrogens (tertiary/aromatic N) is 3. The van der Waals surface area contributed by atoms with E-state index in [4.69, 9.17) is 5.73 Å². The molecule has 0 fully saturated rings. The maximum Gasteiger partial charge on any atom is 0.150 e. The van der Waals surface area contributed by atoms with E-state index in [9.17, 15) is 0 Å². The van der Waals surface area contributed by atoms with Crippen molar-refractivity contribution < 1.29 is 0 Å². The van der Waals surface area contributed by atoms with Crippen molar-refractivity contribution in [2.45, 2.75) is 13.5 Å². The van der Waals surface area contributed by atoms with Crippen LogP contribution in [-0.4, -0.2) is 15.0 Å². The lowest BCUT2D eigenvalue weighted by atomic mass is 10.1. The van der Waals surface area contributed by atoms with Crippen LogP contribution < -0.4 is 5.73 Å². The summed E-state index contributed by atoms with van der Waals surface area (Å²) in [5, 5.41) is 8.00. The third-order valence-corrected chi connectivity index (χ3v) is 2.12. The van der Waals surface area contributed by atoms with E-state index >= 15 is 0 Å². The van der Waals surface area contributed by atoms with Crippen LogP contribution in [0.4, 0.5) is 5.82 Å². The number of aryl methyl sites for hydroxylation is 1. The van der Waals surface area contributed by atoms with E-state index in [0.717, 1.165) is 17.8 Å². The number of hydrogen-bond donors (Lipinski definition) is 1. The molecule has 1 aromatic carbocycles. The molecule has 2 N–H and O–H groups in total. The number of nitrogens with two attached hydrogens (primary N) is 1. The van der Waals surface area contributed by atoms with Gasteiger partial charge < -0.3 is 5.73 Å². The first-order valence-electron chi connectivity index (χ1n) is 4.57. The van der Waals surface area contributed by atoms with Crippen molar-refractivity contribution in [1.82, 2.24) is 15.0 Å². The summed E-state index contributed by atoms with van der Waals surface area (Å²) >= 11 is 0. The zero-order valence-electron chi connectivity index (χ0n) is 8.01. The van der Waals surface area contributed by atoms with Crippen LogP contribution in [0.5, 0.6) is 0 Å². The number of nitrogen functional groups attached to an aromatic ring is 1. The Morgan fingerprint density at radius 3 is 2.57 bits per heavy atom. The summed E-state index contributed by atoms with van der Waals surface area (Å²) in [6, 6.07) is 9.82. The van der Waals surface area contributed by atoms with Crippen LogP contribution in [0, 0.1) is 0 Å². The van der Waals surface area contributed by atoms with E-state index in [-0.39, 0.29) is 0 Å². The van der Waals surface area contributed by atoms with E-state index < -0.39 is 0 Å². The Hall–Kier alpha value is -1.84. The fraction of sp³-hybridized carbons (Fsp3) is 0.200. The lowest BCUT2D eigenvalue weighted by Gasteiger charge is -1.99. The van der Waals surface area contributed by atoms with Crippen LogP contribution in [0.15, 0.2) is 30.3 Å². The van der Waals surface area contributed by atoms with Gasteiger partial charge in [0.05, 0.1) is 0 Å². The molecular formula is C10H12N4. The van der Waals surface area contributed by atoms with Crippen molar-refractivity contribution in [3.8, 4) is 11.3 Å². The molecule has 1 heterocycles. The quantitative estimate of drug-likeness (QED) is 0.777. The molecule has 0 atom stereocenters. The summed E-state index contributed by atoms with van der Waals surface area (Å²) in [5.41, 5.74) is 7.65. The zero-order valence-corrected chi connectivity index (χ0v) is 8.01. The standard InChI is InChI=1S/C10H12N4/c1-2-14-10(11)9(12-13-14)8-6-4-3-5-7-8/h3-7H,2,11H2,1H3. The Kier molecular flexibility index (Phi) is 2.18. The minimum absolute atomic E-state index is 0.624. The van der Waals surface area contributed by atoms with Crippen molar-refractivity contribution in [3.05, 3.63) is 30.3 Å². The number of benzene rings is 1. The van der Waals surface area contributed by atoms with Crippen molar-refractivity contribution in [2.75, 3.05) is 5.73 Å². The van der Waals surface area contributed by atoms with Gasteiger partial charge in [-0.05, 0) is 6.92 Å². The van der Waals surface area contributed by atoms with Crippen molar-refractivity contribution >= 4 is 5.82 Å². The van der Waals surface area contributed by atoms with Gasteiger partial charge in [-0.1, -0.05) is 35.5 Å². The van der Waals surface area contributed by atoms with Crippen molar-refractivity contribution in [2.24, 2.45) is 0 Å². The molecule has 2 aromatic rings. The summed E-state index contributed by atoms with van der Waals surface area (Å²) in [7, 11) is 0. The summed E-state index contributed by atoms with van der Waals surface area (Å²) in [6.07, 6.45) is 0. The van der Waals surface area contributed by atoms with Gasteiger partial charge in [0, 0.05) is 12.1 Å². The molecule has 0 aliphatic rings. The molecule has 0 saturated carbocycles. The van der Waals surface area contributed by atoms with E-state index in [0.29, 0.717) is 5.82 Å². The summed E-state index contributed by atoms with van der Waals surface area (Å²) in [6.45, 7) is 2.73. The maximum atomic E-state index is 5.88. The van der Waals surface area contributed by atoms with Gasteiger partial charge in [0.2, 0.25) is 0 Å². The topological polar surface area (TPSA) is 56.7 Å². The average molecular weight is 188 g/mol. The van der Waals surface area contributed by atoms with Crippen LogP contribution in [0.25, 0.3) is 11.3 Å². The van der Waals surface area contributed by atoms with Gasteiger partial charge in [-0.15, -0.1) is 5.10 Å². The lowest BCUT2D eigenvalue weighted by Crippen LogP contribution is -2.02. The molecule has 14 heavy (non-hydrogen) atoms. The second-order valence-electron chi connectivity index (χ2n) is 3.01. The minimum Gasteiger partial charge on any atom is -0.382 e. The Bertz CT molecular complexity index is 419. The molecule has 1 aromatic heterocycles. The summed E-state index contributed by atoms with van der Waals surface area (Å²) in [5.74, 6) is 0.624. The van der Waals surface area contributed by atoms with E-state index in [2.05, 4.69) is 10.3 Å². The predicted octanol–water partition coefficient (Wildman–Crippen LogP) is 1.55. The third kappa shape index (κ3) is 1.35. The van der Waals surface area contributed by atoms with Crippen LogP contribution in [0.3, 0.4) is 0 Å². The average Bonchev–Trinajstić information content (AvgIpc) is 2.61. The smallest absolute Gasteiger partial charge is 0.150 e. The van der Waals surface area contributed by atoms with Crippen LogP contribution in [0.1, 0.15) is 6.92 Å². The highest BCUT2D eigenvalue weighted by molar-refractivity contribution is 5.69. The summed E-state index contributed by atoms with van der Waals surface area (Å²) < 4.78 is 1.68. The molecular weight excluding hydrogens is 176 g/mol. The fourth-order valence-corrected chi connectivity index (χ4v) is 1.36. The van der Waals surface area contributed by atoms with Gasteiger partial charge >= 0.3 is 0 Å². The van der Waals surface area contributed by atoms with E-state index in [1.54, 1.807) is 4.68 Å². The Labute approximate surface area is 82.4 Å². The molecule has 0 aliphatic carbocycles. The highest BCUT2D eigenvalue weighted by atomic mass is 15.4. The van der Waals surface area contributed by atoms with Gasteiger partial charge in [-0.2, -0.15) is 0 Å². The first kappa shape index (κ1) is 8.74. The van der Waals surface area contributed by atoms with E-state index in [1.165, 1.54) is 0 Å². The number of hydrogen-bond acceptors (Lipinski definition) is 3. The third-order valence-electron chi connectivity index (χ3n) is 2.12. The van der Waals surface area contributed by atoms with E-state index in [1.807, 2.05) is 37.3 Å². The molecule has 2 rings (SSSR count). The molecule has 72 valence electrons. The maximum absolute atomic E-state index is 5.88. The first-order chi connectivity index (χ1) is 6.83. The Morgan fingerprint density at radius 2 is 2.00 bits per heavy atom. The van der Waals surface area contributed by atoms with Crippen molar-refractivity contribution in [3.63, 3.8) is 0 Å². The summed E-state index contributed by atoms with van der Waals surface area (Å²) in [4.78, 5) is 0. The second-order valence-corrected chi connectivity index (χ2v) is 3.01. The van der Waals surface area contributed by atoms with Gasteiger partial charge in [0.1, 0.15) is 11.5 Å². The van der Waals surface area contributed by atoms with Gasteiger partial charge in [-0.3, -0.25) is 0 Å². The molecule has 0 radical (unpaired) electrons. The number of anilines is 1. The molecule has 4 nitrogen and oxygen atoms in total. The second kappa shape index (κ2) is 3.49. The Balaban J connectivity index is 2.48. The first-order valence-corrected chi connectivity index (χ1v) is 4.57. The molecule has 0 amide bonds. The van der Waals surface area contributed by atoms with Crippen LogP contribution >= 0.6 is 0 Å². The van der Waals surface area contributed by atoms with Gasteiger partial charge in [0.15, 0.2) is 0 Å². The van der Waals surface area contributed by atoms with Crippen molar-refractivity contribution in [1.29, 1.82) is 0 Å². The molecule has 0 bridgehead atoms. The predicted molar refractivity (Wildman–Crippen MR) is 55.5 cm³/mol. The molecule has 0 spiro atoms.